The van der Waals surface area contributed by atoms with Crippen LogP contribution >= 0.6 is 0 Å². The molecule has 1 N–H and O–H groups in total. The van der Waals surface area contributed by atoms with Gasteiger partial charge in [0.25, 0.3) is 0 Å². The van der Waals surface area contributed by atoms with Gasteiger partial charge in [-0.1, -0.05) is 76.8 Å². The third-order valence-corrected chi connectivity index (χ3v) is 8.35. The Bertz CT molecular complexity index is 824. The Hall–Kier alpha value is 0.310. The van der Waals surface area contributed by atoms with Crippen molar-refractivity contribution in [2.24, 2.45) is 29.1 Å². The molecule has 0 aromatic rings. The van der Waals surface area contributed by atoms with E-state index >= 15 is 0 Å². The molecule has 0 aromatic carbocycles. The van der Waals surface area contributed by atoms with E-state index in [2.05, 4.69) is 46.4 Å². The Morgan fingerprint density at radius 3 is 2.38 bits per heavy atom. The molecule has 1 unspecified atom stereocenters. The molecule has 0 spiro atoms. The van der Waals surface area contributed by atoms with Crippen LogP contribution < -0.4 is 0 Å². The van der Waals surface area contributed by atoms with Crippen LogP contribution in [-0.2, 0) is 10.4 Å². The molecule has 0 radical (unpaired) electrons. The quantitative estimate of drug-likeness (QED) is 0.267. The summed E-state index contributed by atoms with van der Waals surface area (Å²) >= 11 is 0. The number of allylic oxidation sites excluding steroid dienone is 4. The molecule has 190 valence electrons. The smallest absolute Gasteiger partial charge is 0.759 e. The molecule has 0 aliphatic heterocycles. The average Bonchev–Trinajstić information content (AvgIpc) is 3.04. The van der Waals surface area contributed by atoms with Crippen LogP contribution in [0.5, 0.6) is 0 Å². The summed E-state index contributed by atoms with van der Waals surface area (Å²) in [5, 5.41) is 10.0. The van der Waals surface area contributed by atoms with Crippen LogP contribution in [0.2, 0.25) is 0 Å². The normalized spacial score (nSPS) is 32.7. The van der Waals surface area contributed by atoms with Crippen molar-refractivity contribution < 1.29 is 22.6 Å². The molecular weight excluding hydrogens is 476 g/mol. The Labute approximate surface area is 238 Å². The number of aliphatic hydroxyl groups is 1. The SMILES string of the molecule is C=C1CC[C@H](O)C/C1=C/C=C1\CCC[C@@]2(C)C1CC[C@@H]2[C@H](C)CCCC(C)C.O=S(=O)([O-])[O-].[Ca+2]. The molecule has 7 heteroatoms. The first-order valence-electron chi connectivity index (χ1n) is 12.7. The van der Waals surface area contributed by atoms with Gasteiger partial charge in [-0.3, -0.25) is 8.42 Å². The zero-order valence-corrected chi connectivity index (χ0v) is 24.7. The van der Waals surface area contributed by atoms with Crippen molar-refractivity contribution in [2.75, 3.05) is 0 Å². The second-order valence-corrected chi connectivity index (χ2v) is 12.1. The summed E-state index contributed by atoms with van der Waals surface area (Å²) in [4.78, 5) is 0. The molecule has 0 bridgehead atoms. The molecule has 0 aromatic heterocycles. The van der Waals surface area contributed by atoms with Crippen LogP contribution in [0, 0.1) is 29.1 Å². The van der Waals surface area contributed by atoms with Crippen LogP contribution in [0.1, 0.15) is 98.3 Å². The number of hydrogen-bond acceptors (Lipinski definition) is 5. The van der Waals surface area contributed by atoms with E-state index in [1.807, 2.05) is 0 Å². The van der Waals surface area contributed by atoms with Gasteiger partial charge in [0.15, 0.2) is 0 Å². The second kappa shape index (κ2) is 14.3. The van der Waals surface area contributed by atoms with Gasteiger partial charge in [-0.05, 0) is 86.0 Å². The van der Waals surface area contributed by atoms with Crippen LogP contribution in [0.4, 0.5) is 0 Å². The third kappa shape index (κ3) is 9.99. The van der Waals surface area contributed by atoms with Crippen molar-refractivity contribution in [1.29, 1.82) is 0 Å². The predicted molar refractivity (Wildman–Crippen MR) is 137 cm³/mol. The summed E-state index contributed by atoms with van der Waals surface area (Å²) in [6, 6.07) is 0. The van der Waals surface area contributed by atoms with Gasteiger partial charge in [-0.25, -0.2) is 0 Å². The van der Waals surface area contributed by atoms with Crippen molar-refractivity contribution in [1.82, 2.24) is 0 Å². The minimum absolute atomic E-state index is 0. The van der Waals surface area contributed by atoms with Crippen LogP contribution in [0.3, 0.4) is 0 Å². The Kier molecular flexibility index (Phi) is 13.6. The molecule has 3 saturated carbocycles. The van der Waals surface area contributed by atoms with E-state index in [-0.39, 0.29) is 43.8 Å². The van der Waals surface area contributed by atoms with E-state index in [1.165, 1.54) is 62.5 Å². The number of rotatable bonds is 6. The number of fused-ring (bicyclic) bond motifs is 1. The first-order chi connectivity index (χ1) is 15.3. The zero-order valence-electron chi connectivity index (χ0n) is 21.7. The maximum Gasteiger partial charge on any atom is 2.00 e. The van der Waals surface area contributed by atoms with E-state index in [0.717, 1.165) is 42.9 Å². The standard InChI is InChI=1S/C27H44O.Ca.H2O4S/c1-19(2)8-6-9-21(4)25-15-16-26-22(10-7-17-27(25,26)5)12-13-23-18-24(28)14-11-20(23)3;;1-5(2,3)4/h12-13,19,21,24-26,28H,3,6-11,14-18H2,1-2,4-5H3;;(H2,1,2,3,4)/q;+2;/p-2/b22-12+,23-13-;;/t21-,24+,25-,26?,27-;;/m1../s1. The van der Waals surface area contributed by atoms with Gasteiger partial charge in [0.05, 0.1) is 6.10 Å². The summed E-state index contributed by atoms with van der Waals surface area (Å²) in [5.74, 6) is 3.37. The van der Waals surface area contributed by atoms with E-state index < -0.39 is 10.4 Å². The Morgan fingerprint density at radius 1 is 1.12 bits per heavy atom. The van der Waals surface area contributed by atoms with Crippen molar-refractivity contribution >= 4 is 48.1 Å². The summed E-state index contributed by atoms with van der Waals surface area (Å²) in [7, 11) is -5.17. The average molecular weight is 521 g/mol. The van der Waals surface area contributed by atoms with Gasteiger partial charge in [0.1, 0.15) is 0 Å². The molecule has 3 aliphatic rings. The van der Waals surface area contributed by atoms with Crippen molar-refractivity contribution in [2.45, 2.75) is 104 Å². The molecule has 3 aliphatic carbocycles. The minimum Gasteiger partial charge on any atom is -0.759 e. The van der Waals surface area contributed by atoms with Gasteiger partial charge >= 0.3 is 37.7 Å². The molecule has 0 heterocycles. The molecule has 0 amide bonds. The van der Waals surface area contributed by atoms with Crippen LogP contribution in [0.15, 0.2) is 35.5 Å². The summed E-state index contributed by atoms with van der Waals surface area (Å²) in [5.41, 5.74) is 4.72. The van der Waals surface area contributed by atoms with Gasteiger partial charge < -0.3 is 14.2 Å². The van der Waals surface area contributed by atoms with Gasteiger partial charge in [-0.15, -0.1) is 0 Å². The van der Waals surface area contributed by atoms with E-state index in [9.17, 15) is 5.11 Å². The van der Waals surface area contributed by atoms with Gasteiger partial charge in [0, 0.05) is 10.4 Å². The monoisotopic (exact) mass is 520 g/mol. The van der Waals surface area contributed by atoms with Crippen LogP contribution in [-0.4, -0.2) is 66.5 Å². The number of aliphatic hydroxyl groups excluding tert-OH is 1. The van der Waals surface area contributed by atoms with E-state index in [4.69, 9.17) is 17.5 Å². The first-order valence-corrected chi connectivity index (χ1v) is 14.1. The van der Waals surface area contributed by atoms with Gasteiger partial charge in [0.2, 0.25) is 0 Å². The fourth-order valence-electron chi connectivity index (χ4n) is 6.66. The molecular formula is C27H44CaO5S. The molecule has 34 heavy (non-hydrogen) atoms. The molecule has 5 atom stereocenters. The minimum atomic E-state index is -5.17. The van der Waals surface area contributed by atoms with Crippen LogP contribution in [0.25, 0.3) is 0 Å². The molecule has 0 saturated heterocycles. The largest absolute Gasteiger partial charge is 2.00 e. The van der Waals surface area contributed by atoms with Crippen molar-refractivity contribution in [3.8, 4) is 0 Å². The summed E-state index contributed by atoms with van der Waals surface area (Å²) in [6.07, 6.45) is 18.2. The maximum absolute atomic E-state index is 10.0. The molecule has 3 fully saturated rings. The predicted octanol–water partition coefficient (Wildman–Crippen LogP) is 5.90. The zero-order chi connectivity index (χ0) is 24.8. The summed E-state index contributed by atoms with van der Waals surface area (Å²) in [6.45, 7) is 14.1. The fraction of sp³-hybridized carbons (Fsp3) is 0.778. The number of hydrogen-bond donors (Lipinski definition) is 1. The molecule has 3 rings (SSSR count). The Balaban J connectivity index is 0.000000873. The van der Waals surface area contributed by atoms with Crippen molar-refractivity contribution in [3.05, 3.63) is 35.5 Å². The van der Waals surface area contributed by atoms with E-state index in [1.54, 1.807) is 5.57 Å². The Morgan fingerprint density at radius 2 is 1.76 bits per heavy atom. The topological polar surface area (TPSA) is 100 Å². The molecule has 5 nitrogen and oxygen atoms in total. The first kappa shape index (κ1) is 32.3. The van der Waals surface area contributed by atoms with E-state index in [0.29, 0.717) is 5.41 Å². The van der Waals surface area contributed by atoms with Gasteiger partial charge in [-0.2, -0.15) is 0 Å². The second-order valence-electron chi connectivity index (χ2n) is 11.2. The summed E-state index contributed by atoms with van der Waals surface area (Å²) < 4.78 is 34.1. The fourth-order valence-corrected chi connectivity index (χ4v) is 6.66. The maximum atomic E-state index is 10.0. The third-order valence-electron chi connectivity index (χ3n) is 8.35. The van der Waals surface area contributed by atoms with Crippen molar-refractivity contribution in [3.63, 3.8) is 0 Å².